The highest BCUT2D eigenvalue weighted by atomic mass is 79.9. The van der Waals surface area contributed by atoms with Crippen molar-refractivity contribution in [3.05, 3.63) is 32.8 Å². The standard InChI is InChI=1S/C13H16BrN3O3/c14-11-7-10(17(19)20)5-6-12(11)16-9-3-1-8(2-4-9)13(15)18/h5-9,16H,1-4H2,(H2,15,18). The number of amides is 1. The van der Waals surface area contributed by atoms with Crippen LogP contribution < -0.4 is 11.1 Å². The van der Waals surface area contributed by atoms with Gasteiger partial charge in [0.25, 0.3) is 5.69 Å². The highest BCUT2D eigenvalue weighted by molar-refractivity contribution is 9.10. The molecule has 1 aromatic rings. The number of nitrogens with zero attached hydrogens (tertiary/aromatic N) is 1. The second-order valence-corrected chi connectivity index (χ2v) is 5.87. The quantitative estimate of drug-likeness (QED) is 0.649. The third-order valence-electron chi connectivity index (χ3n) is 3.65. The molecule has 1 amide bonds. The topological polar surface area (TPSA) is 98.3 Å². The van der Waals surface area contributed by atoms with Gasteiger partial charge in [0.1, 0.15) is 0 Å². The van der Waals surface area contributed by atoms with Crippen molar-refractivity contribution in [2.45, 2.75) is 31.7 Å². The van der Waals surface area contributed by atoms with E-state index in [1.54, 1.807) is 6.07 Å². The van der Waals surface area contributed by atoms with Crippen LogP contribution in [0.1, 0.15) is 25.7 Å². The van der Waals surface area contributed by atoms with Gasteiger partial charge in [-0.1, -0.05) is 0 Å². The monoisotopic (exact) mass is 341 g/mol. The molecule has 1 aliphatic carbocycles. The Balaban J connectivity index is 1.98. The van der Waals surface area contributed by atoms with E-state index >= 15 is 0 Å². The lowest BCUT2D eigenvalue weighted by Gasteiger charge is -2.28. The number of rotatable bonds is 4. The van der Waals surface area contributed by atoms with E-state index in [1.165, 1.54) is 12.1 Å². The first-order valence-electron chi connectivity index (χ1n) is 6.47. The molecule has 20 heavy (non-hydrogen) atoms. The van der Waals surface area contributed by atoms with Crippen LogP contribution >= 0.6 is 15.9 Å². The summed E-state index contributed by atoms with van der Waals surface area (Å²) in [7, 11) is 0. The zero-order valence-electron chi connectivity index (χ0n) is 10.8. The van der Waals surface area contributed by atoms with Gasteiger partial charge in [-0.2, -0.15) is 0 Å². The molecule has 1 saturated carbocycles. The van der Waals surface area contributed by atoms with E-state index in [2.05, 4.69) is 21.2 Å². The molecule has 108 valence electrons. The van der Waals surface area contributed by atoms with Crippen LogP contribution in [0.15, 0.2) is 22.7 Å². The van der Waals surface area contributed by atoms with Crippen LogP contribution in [0.25, 0.3) is 0 Å². The molecule has 0 aliphatic heterocycles. The minimum absolute atomic E-state index is 0.0200. The number of hydrogen-bond donors (Lipinski definition) is 2. The summed E-state index contributed by atoms with van der Waals surface area (Å²) < 4.78 is 0.670. The lowest BCUT2D eigenvalue weighted by atomic mass is 9.85. The number of halogens is 1. The Bertz CT molecular complexity index is 528. The highest BCUT2D eigenvalue weighted by Crippen LogP contribution is 2.31. The largest absolute Gasteiger partial charge is 0.381 e. The summed E-state index contributed by atoms with van der Waals surface area (Å²) in [6.45, 7) is 0. The lowest BCUT2D eigenvalue weighted by Crippen LogP contribution is -2.32. The fourth-order valence-electron chi connectivity index (χ4n) is 2.48. The third-order valence-corrected chi connectivity index (χ3v) is 4.31. The van der Waals surface area contributed by atoms with Crippen molar-refractivity contribution < 1.29 is 9.72 Å². The number of nitro benzene ring substituents is 1. The van der Waals surface area contributed by atoms with Gasteiger partial charge >= 0.3 is 0 Å². The molecule has 0 bridgehead atoms. The average Bonchev–Trinajstić information content (AvgIpc) is 2.41. The number of primary amides is 1. The summed E-state index contributed by atoms with van der Waals surface area (Å²) in [6.07, 6.45) is 3.32. The van der Waals surface area contributed by atoms with E-state index in [4.69, 9.17) is 5.73 Å². The van der Waals surface area contributed by atoms with Gasteiger partial charge in [-0.15, -0.1) is 0 Å². The molecule has 3 N–H and O–H groups in total. The molecule has 0 spiro atoms. The number of carbonyl (C=O) groups is 1. The molecule has 7 heteroatoms. The third kappa shape index (κ3) is 3.47. The summed E-state index contributed by atoms with van der Waals surface area (Å²) in [6, 6.07) is 4.92. The summed E-state index contributed by atoms with van der Waals surface area (Å²) in [5.74, 6) is -0.242. The molecular weight excluding hydrogens is 326 g/mol. The van der Waals surface area contributed by atoms with Gasteiger partial charge in [0.15, 0.2) is 0 Å². The number of anilines is 1. The molecule has 6 nitrogen and oxygen atoms in total. The van der Waals surface area contributed by atoms with Gasteiger partial charge in [-0.05, 0) is 47.7 Å². The van der Waals surface area contributed by atoms with E-state index in [0.29, 0.717) is 4.47 Å². The molecule has 0 aromatic heterocycles. The van der Waals surface area contributed by atoms with Gasteiger partial charge in [0, 0.05) is 34.3 Å². The van der Waals surface area contributed by atoms with Gasteiger partial charge < -0.3 is 11.1 Å². The zero-order valence-corrected chi connectivity index (χ0v) is 12.4. The smallest absolute Gasteiger partial charge is 0.270 e. The van der Waals surface area contributed by atoms with E-state index in [9.17, 15) is 14.9 Å². The highest BCUT2D eigenvalue weighted by Gasteiger charge is 2.25. The van der Waals surface area contributed by atoms with E-state index in [0.717, 1.165) is 31.4 Å². The number of hydrogen-bond acceptors (Lipinski definition) is 4. The molecule has 0 heterocycles. The Morgan fingerprint density at radius 1 is 1.35 bits per heavy atom. The predicted molar refractivity (Wildman–Crippen MR) is 79.4 cm³/mol. The number of carbonyl (C=O) groups excluding carboxylic acids is 1. The summed E-state index contributed by atoms with van der Waals surface area (Å²) in [5, 5.41) is 14.0. The van der Waals surface area contributed by atoms with Crippen molar-refractivity contribution in [3.63, 3.8) is 0 Å². The Kier molecular flexibility index (Phi) is 4.59. The van der Waals surface area contributed by atoms with Crippen LogP contribution in [0.5, 0.6) is 0 Å². The maximum Gasteiger partial charge on any atom is 0.270 e. The van der Waals surface area contributed by atoms with Gasteiger partial charge in [0.05, 0.1) is 4.92 Å². The molecule has 0 saturated heterocycles. The van der Waals surface area contributed by atoms with Crippen LogP contribution in [-0.2, 0) is 4.79 Å². The zero-order chi connectivity index (χ0) is 14.7. The first-order chi connectivity index (χ1) is 9.47. The number of nitro groups is 1. The second-order valence-electron chi connectivity index (χ2n) is 5.02. The second kappa shape index (κ2) is 6.21. The van der Waals surface area contributed by atoms with Crippen LogP contribution in [0.2, 0.25) is 0 Å². The fourth-order valence-corrected chi connectivity index (χ4v) is 2.96. The van der Waals surface area contributed by atoms with Crippen molar-refractivity contribution in [3.8, 4) is 0 Å². The molecule has 1 aromatic carbocycles. The maximum atomic E-state index is 11.1. The van der Waals surface area contributed by atoms with Gasteiger partial charge in [-0.25, -0.2) is 0 Å². The van der Waals surface area contributed by atoms with Crippen molar-refractivity contribution in [2.24, 2.45) is 11.7 Å². The molecule has 0 radical (unpaired) electrons. The first-order valence-corrected chi connectivity index (χ1v) is 7.26. The van der Waals surface area contributed by atoms with Crippen molar-refractivity contribution >= 4 is 33.2 Å². The molecule has 0 atom stereocenters. The SMILES string of the molecule is NC(=O)C1CCC(Nc2ccc([N+](=O)[O-])cc2Br)CC1. The van der Waals surface area contributed by atoms with Crippen LogP contribution in [0, 0.1) is 16.0 Å². The molecule has 2 rings (SSSR count). The maximum absolute atomic E-state index is 11.1. The van der Waals surface area contributed by atoms with Crippen LogP contribution in [0.4, 0.5) is 11.4 Å². The minimum Gasteiger partial charge on any atom is -0.381 e. The molecular formula is C13H16BrN3O3. The molecule has 1 aliphatic rings. The number of nitrogens with one attached hydrogen (secondary N) is 1. The van der Waals surface area contributed by atoms with Crippen molar-refractivity contribution in [1.82, 2.24) is 0 Å². The minimum atomic E-state index is -0.424. The molecule has 1 fully saturated rings. The lowest BCUT2D eigenvalue weighted by molar-refractivity contribution is -0.384. The predicted octanol–water partition coefficient (Wildman–Crippen LogP) is 2.81. The van der Waals surface area contributed by atoms with E-state index < -0.39 is 4.92 Å². The fraction of sp³-hybridized carbons (Fsp3) is 0.462. The number of non-ortho nitro benzene ring substituents is 1. The molecule has 0 unspecified atom stereocenters. The Morgan fingerprint density at radius 2 is 2.00 bits per heavy atom. The Morgan fingerprint density at radius 3 is 2.50 bits per heavy atom. The van der Waals surface area contributed by atoms with E-state index in [1.807, 2.05) is 0 Å². The summed E-state index contributed by atoms with van der Waals surface area (Å²) in [5.41, 5.74) is 6.19. The number of benzene rings is 1. The average molecular weight is 342 g/mol. The van der Waals surface area contributed by atoms with Gasteiger partial charge in [-0.3, -0.25) is 14.9 Å². The first kappa shape index (κ1) is 14.8. The normalized spacial score (nSPS) is 22.2. The Labute approximate surface area is 125 Å². The summed E-state index contributed by atoms with van der Waals surface area (Å²) in [4.78, 5) is 21.4. The van der Waals surface area contributed by atoms with Crippen LogP contribution in [-0.4, -0.2) is 16.9 Å². The van der Waals surface area contributed by atoms with Crippen molar-refractivity contribution in [1.29, 1.82) is 0 Å². The van der Waals surface area contributed by atoms with Crippen molar-refractivity contribution in [2.75, 3.05) is 5.32 Å². The summed E-state index contributed by atoms with van der Waals surface area (Å²) >= 11 is 3.34. The van der Waals surface area contributed by atoms with E-state index in [-0.39, 0.29) is 23.6 Å². The Hall–Kier alpha value is -1.63. The number of nitrogens with two attached hydrogens (primary N) is 1. The van der Waals surface area contributed by atoms with Gasteiger partial charge in [0.2, 0.25) is 5.91 Å². The van der Waals surface area contributed by atoms with Crippen LogP contribution in [0.3, 0.4) is 0 Å².